The van der Waals surface area contributed by atoms with E-state index in [0.717, 1.165) is 67.1 Å². The smallest absolute Gasteiger partial charge is 0.234 e. The molecule has 0 saturated carbocycles. The van der Waals surface area contributed by atoms with Gasteiger partial charge in [-0.05, 0) is 162 Å². The van der Waals surface area contributed by atoms with Crippen LogP contribution in [0.25, 0.3) is 44.5 Å². The van der Waals surface area contributed by atoms with Crippen molar-refractivity contribution in [2.75, 3.05) is 13.2 Å². The van der Waals surface area contributed by atoms with Crippen molar-refractivity contribution in [2.24, 2.45) is 0 Å². The molecule has 2 N–H and O–H groups in total. The summed E-state index contributed by atoms with van der Waals surface area (Å²) in [5.41, 5.74) is 15.6. The molecular formula is C75H106HfO4-2. The van der Waals surface area contributed by atoms with Crippen LogP contribution in [-0.2, 0) is 77.9 Å². The van der Waals surface area contributed by atoms with Crippen molar-refractivity contribution in [1.82, 2.24) is 0 Å². The van der Waals surface area contributed by atoms with Gasteiger partial charge in [-0.25, -0.2) is 0 Å². The number of rotatable bonds is 10. The maximum absolute atomic E-state index is 12.8. The van der Waals surface area contributed by atoms with E-state index in [9.17, 15) is 10.2 Å². The van der Waals surface area contributed by atoms with Crippen molar-refractivity contribution in [3.8, 4) is 67.5 Å². The Morgan fingerprint density at radius 2 is 0.512 bits per heavy atom. The summed E-state index contributed by atoms with van der Waals surface area (Å²) in [4.78, 5) is 0. The van der Waals surface area contributed by atoms with Crippen LogP contribution in [0.3, 0.4) is 0 Å². The molecule has 80 heavy (non-hydrogen) atoms. The number of phenolic OH excluding ortho intramolecular Hbond substituents is 2. The van der Waals surface area contributed by atoms with Crippen molar-refractivity contribution < 1.29 is 44.8 Å². The summed E-state index contributed by atoms with van der Waals surface area (Å²) in [5, 5.41) is 25.6. The third kappa shape index (κ3) is 15.9. The summed E-state index contributed by atoms with van der Waals surface area (Å²) in [6.45, 7) is 55.1. The zero-order valence-electron chi connectivity index (χ0n) is 55.0. The van der Waals surface area contributed by atoms with E-state index < -0.39 is 0 Å². The second-order valence-electron chi connectivity index (χ2n) is 30.6. The van der Waals surface area contributed by atoms with Crippen molar-refractivity contribution >= 4 is 0 Å². The summed E-state index contributed by atoms with van der Waals surface area (Å²) in [6, 6.07) is 35.7. The molecule has 0 aliphatic heterocycles. The van der Waals surface area contributed by atoms with Crippen molar-refractivity contribution in [2.45, 2.75) is 216 Å². The van der Waals surface area contributed by atoms with Crippen molar-refractivity contribution in [3.63, 3.8) is 0 Å². The van der Waals surface area contributed by atoms with E-state index in [1.807, 2.05) is 0 Å². The van der Waals surface area contributed by atoms with Gasteiger partial charge in [-0.2, -0.15) is 0 Å². The van der Waals surface area contributed by atoms with Gasteiger partial charge in [0.05, 0.1) is 11.1 Å². The summed E-state index contributed by atoms with van der Waals surface area (Å²) >= 11 is 0. The molecular weight excluding hydrogens is 1140 g/mol. The van der Waals surface area contributed by atoms with Gasteiger partial charge in [0, 0.05) is 60.2 Å². The minimum atomic E-state index is -0.205. The zero-order valence-corrected chi connectivity index (χ0v) is 58.6. The first-order valence-corrected chi connectivity index (χ1v) is 28.3. The van der Waals surface area contributed by atoms with Crippen LogP contribution >= 0.6 is 0 Å². The van der Waals surface area contributed by atoms with Gasteiger partial charge in [-0.1, -0.05) is 203 Å². The van der Waals surface area contributed by atoms with E-state index in [1.165, 1.54) is 33.4 Å². The van der Waals surface area contributed by atoms with Crippen LogP contribution in [0.15, 0.2) is 97.1 Å². The van der Waals surface area contributed by atoms with Crippen LogP contribution in [0.1, 0.15) is 217 Å². The molecule has 0 saturated heterocycles. The molecule has 0 heterocycles. The molecule has 0 amide bonds. The van der Waals surface area contributed by atoms with Crippen LogP contribution in [0.4, 0.5) is 0 Å². The second-order valence-corrected chi connectivity index (χ2v) is 30.6. The van der Waals surface area contributed by atoms with E-state index in [-0.39, 0.29) is 95.5 Å². The fourth-order valence-electron chi connectivity index (χ4n) is 9.83. The third-order valence-corrected chi connectivity index (χ3v) is 15.6. The standard InChI is InChI=1S/C73H100O4.2CH3.Hf/c1-66(2,3)48-28-30-62(58(40-48)60-44-54(72(19,20)21)42-56(64(60)74)46-34-50(68(7,8)9)38-51(35-46)69(10,11)12)76(25)32-27-33-77(26)63-31-29-49(67(4,5)6)41-59(63)61-45-55(73(22,23)24)43-57(65(61)75)47-36-52(70(13,14)15)39-53(37-47)71(16,17)18;;;/h28-31,34-45,74-75H,25-27,32-33H2,1-24H3;2*1H3;/q;2*-1;. The minimum absolute atomic E-state index is 0. The molecule has 436 valence electrons. The molecule has 4 nitrogen and oxygen atoms in total. The van der Waals surface area contributed by atoms with E-state index >= 15 is 0 Å². The molecule has 0 atom stereocenters. The Bertz CT molecular complexity index is 2840. The van der Waals surface area contributed by atoms with Crippen LogP contribution in [0.2, 0.25) is 0 Å². The van der Waals surface area contributed by atoms with Gasteiger partial charge < -0.3 is 33.8 Å². The zero-order chi connectivity index (χ0) is 58.1. The predicted octanol–water partition coefficient (Wildman–Crippen LogP) is 22.2. The predicted molar refractivity (Wildman–Crippen MR) is 347 cm³/mol. The van der Waals surface area contributed by atoms with Crippen molar-refractivity contribution in [1.29, 1.82) is 0 Å². The molecule has 0 aromatic heterocycles. The molecule has 0 fully saturated rings. The fourth-order valence-corrected chi connectivity index (χ4v) is 9.83. The molecule has 0 spiro atoms. The topological polar surface area (TPSA) is 45.9 Å². The maximum Gasteiger partial charge on any atom is 0.234 e. The maximum atomic E-state index is 12.8. The van der Waals surface area contributed by atoms with E-state index in [0.29, 0.717) is 19.6 Å². The first kappa shape index (κ1) is 69.7. The molecule has 6 rings (SSSR count). The van der Waals surface area contributed by atoms with Gasteiger partial charge in [0.2, 0.25) is 11.5 Å². The normalized spacial score (nSPS) is 12.8. The molecule has 5 heteroatoms. The third-order valence-electron chi connectivity index (χ3n) is 15.6. The Labute approximate surface area is 508 Å². The van der Waals surface area contributed by atoms with Gasteiger partial charge in [-0.15, -0.1) is 0 Å². The summed E-state index contributed by atoms with van der Waals surface area (Å²) in [6.07, 6.45) is 0.673. The molecule has 0 bridgehead atoms. The van der Waals surface area contributed by atoms with Gasteiger partial charge >= 0.3 is 0 Å². The van der Waals surface area contributed by atoms with Crippen LogP contribution in [0.5, 0.6) is 23.0 Å². The Hall–Kier alpha value is -4.61. The van der Waals surface area contributed by atoms with Gasteiger partial charge in [0.15, 0.2) is 13.2 Å². The molecule has 0 radical (unpaired) electrons. The SMILES string of the molecule is [CH2-][O+](CCC[O+]([CH2-])c1ccc(C(C)(C)C)cc1-c1cc(C(C)(C)C)cc(-c2cc(C(C)(C)C)cc(C(C)(C)C)c2)c1O)c1ccc(C(C)(C)C)cc1-c1cc(C(C)(C)C)cc(-c2cc(C(C)(C)C)cc(C(C)(C)C)c2)c1O.[CH3-].[CH3-].[Hf]. The Kier molecular flexibility index (Phi) is 21.2. The Balaban J connectivity index is 0.00000560. The number of phenols is 2. The van der Waals surface area contributed by atoms with E-state index in [2.05, 4.69) is 286 Å². The minimum Gasteiger partial charge on any atom is -0.711 e. The van der Waals surface area contributed by atoms with Crippen molar-refractivity contribution in [3.05, 3.63) is 171 Å². The number of hydrogen-bond acceptors (Lipinski definition) is 2. The molecule has 6 aromatic rings. The summed E-state index contributed by atoms with van der Waals surface area (Å²) < 4.78 is 6.35. The fraction of sp³-hybridized carbons (Fsp3) is 0.467. The molecule has 0 unspecified atom stereocenters. The van der Waals surface area contributed by atoms with E-state index in [1.54, 1.807) is 0 Å². The Morgan fingerprint density at radius 1 is 0.300 bits per heavy atom. The number of aromatic hydroxyl groups is 2. The second kappa shape index (κ2) is 24.3. The molecule has 0 aliphatic carbocycles. The Morgan fingerprint density at radius 3 is 0.750 bits per heavy atom. The van der Waals surface area contributed by atoms with Gasteiger partial charge in [0.25, 0.3) is 0 Å². The average Bonchev–Trinajstić information content (AvgIpc) is 3.28. The molecule has 0 aliphatic rings. The van der Waals surface area contributed by atoms with Crippen LogP contribution in [0, 0.1) is 29.1 Å². The number of benzene rings is 6. The van der Waals surface area contributed by atoms with Crippen LogP contribution in [-0.4, -0.2) is 23.4 Å². The number of hydrogen-bond donors (Lipinski definition) is 2. The van der Waals surface area contributed by atoms with Crippen LogP contribution < -0.4 is 0 Å². The van der Waals surface area contributed by atoms with E-state index in [4.69, 9.17) is 0 Å². The molecule has 6 aromatic carbocycles. The largest absolute Gasteiger partial charge is 0.711 e. The van der Waals surface area contributed by atoms with Gasteiger partial charge in [0.1, 0.15) is 17.9 Å². The first-order chi connectivity index (χ1) is 34.9. The van der Waals surface area contributed by atoms with Gasteiger partial charge in [-0.3, -0.25) is 0 Å². The average molecular weight is 1250 g/mol. The first-order valence-electron chi connectivity index (χ1n) is 28.3. The summed E-state index contributed by atoms with van der Waals surface area (Å²) in [5.74, 6) is 2.24. The quantitative estimate of drug-likeness (QED) is 0.0816. The monoisotopic (exact) mass is 1250 g/mol. The summed E-state index contributed by atoms with van der Waals surface area (Å²) in [7, 11) is 9.26.